The van der Waals surface area contributed by atoms with E-state index in [2.05, 4.69) is 52.2 Å². The van der Waals surface area contributed by atoms with Gasteiger partial charge in [-0.15, -0.1) is 5.10 Å². The third-order valence-corrected chi connectivity index (χ3v) is 5.96. The van der Waals surface area contributed by atoms with Crippen LogP contribution in [0.4, 0.5) is 32.0 Å². The molecule has 41 heavy (non-hydrogen) atoms. The third kappa shape index (κ3) is 6.36. The van der Waals surface area contributed by atoms with Gasteiger partial charge in [-0.2, -0.15) is 31.4 Å². The second kappa shape index (κ2) is 11.3. The highest BCUT2D eigenvalue weighted by molar-refractivity contribution is 9.10. The minimum absolute atomic E-state index is 0.0512. The Kier molecular flexibility index (Phi) is 8.14. The highest BCUT2D eigenvalue weighted by Gasteiger charge is 2.39. The predicted octanol–water partition coefficient (Wildman–Crippen LogP) is 4.41. The number of halogens is 7. The monoisotopic (exact) mass is 645 g/mol. The second-order valence-electron chi connectivity index (χ2n) is 8.42. The molecule has 4 aromatic rings. The number of anilines is 1. The van der Waals surface area contributed by atoms with Crippen molar-refractivity contribution in [1.82, 2.24) is 40.3 Å². The molecule has 0 aliphatic rings. The van der Waals surface area contributed by atoms with E-state index in [1.165, 1.54) is 6.07 Å². The van der Waals surface area contributed by atoms with E-state index in [0.717, 1.165) is 18.3 Å². The molecule has 216 valence electrons. The Morgan fingerprint density at radius 1 is 1.05 bits per heavy atom. The quantitative estimate of drug-likeness (QED) is 0.285. The minimum atomic E-state index is -4.94. The maximum atomic E-state index is 13.8. The van der Waals surface area contributed by atoms with Crippen LogP contribution in [0.2, 0.25) is 0 Å². The summed E-state index contributed by atoms with van der Waals surface area (Å²) < 4.78 is 82.8. The summed E-state index contributed by atoms with van der Waals surface area (Å²) in [5, 5.41) is 18.3. The number of hydrogen-bond donors (Lipinski definition) is 2. The zero-order valence-electron chi connectivity index (χ0n) is 21.0. The fourth-order valence-electron chi connectivity index (χ4n) is 3.81. The smallest absolute Gasteiger partial charge is 0.352 e. The molecule has 2 N–H and O–H groups in total. The Hall–Kier alpha value is -4.35. The Balaban J connectivity index is 1.84. The van der Waals surface area contributed by atoms with E-state index < -0.39 is 53.6 Å². The highest BCUT2D eigenvalue weighted by Crippen LogP contribution is 2.34. The summed E-state index contributed by atoms with van der Waals surface area (Å²) >= 11 is 3.28. The molecular weight excluding hydrogens is 628 g/mol. The van der Waals surface area contributed by atoms with Crippen molar-refractivity contribution >= 4 is 33.4 Å². The van der Waals surface area contributed by atoms with E-state index in [1.54, 1.807) is 19.9 Å². The van der Waals surface area contributed by atoms with Gasteiger partial charge in [0.15, 0.2) is 5.82 Å². The van der Waals surface area contributed by atoms with Crippen LogP contribution in [-0.2, 0) is 18.9 Å². The molecule has 0 unspecified atom stereocenters. The van der Waals surface area contributed by atoms with E-state index in [1.807, 2.05) is 0 Å². The standard InChI is InChI=1S/C23H18BrF6N9O2/c1-3-31-19(40)14-8-12(24)7-11(2)17(14)33-20(41)16-9-13(10-38-21(23(28,29)30)34-36-37-38)35-39(16)18-15(22(25,26)27)5-4-6-32-18/h4-9H,3,10H2,1-2H3,(H,31,40)(H,33,41). The first-order valence-corrected chi connectivity index (χ1v) is 12.3. The molecule has 2 amide bonds. The molecule has 11 nitrogen and oxygen atoms in total. The number of tetrazole rings is 1. The maximum absolute atomic E-state index is 13.8. The highest BCUT2D eigenvalue weighted by atomic mass is 79.9. The molecule has 0 bridgehead atoms. The number of alkyl halides is 6. The lowest BCUT2D eigenvalue weighted by atomic mass is 10.1. The summed E-state index contributed by atoms with van der Waals surface area (Å²) in [6.07, 6.45) is -8.83. The molecule has 0 aliphatic carbocycles. The van der Waals surface area contributed by atoms with Gasteiger partial charge in [0.25, 0.3) is 17.6 Å². The molecule has 4 rings (SSSR count). The molecule has 0 radical (unpaired) electrons. The largest absolute Gasteiger partial charge is 0.453 e. The van der Waals surface area contributed by atoms with E-state index in [9.17, 15) is 35.9 Å². The number of carbonyl (C=O) groups is 2. The summed E-state index contributed by atoms with van der Waals surface area (Å²) in [5.41, 5.74) is -1.54. The summed E-state index contributed by atoms with van der Waals surface area (Å²) in [6, 6.07) is 5.74. The number of rotatable bonds is 7. The SMILES string of the molecule is CCNC(=O)c1cc(Br)cc(C)c1NC(=O)c1cc(Cn2nnnc2C(F)(F)F)nn1-c1ncccc1C(F)(F)F. The van der Waals surface area contributed by atoms with Crippen molar-refractivity contribution in [1.29, 1.82) is 0 Å². The Morgan fingerprint density at radius 3 is 2.44 bits per heavy atom. The van der Waals surface area contributed by atoms with Gasteiger partial charge in [0.2, 0.25) is 0 Å². The first kappa shape index (κ1) is 29.6. The van der Waals surface area contributed by atoms with E-state index in [0.29, 0.717) is 25.5 Å². The lowest BCUT2D eigenvalue weighted by Crippen LogP contribution is -2.26. The zero-order chi connectivity index (χ0) is 30.1. The molecule has 3 aromatic heterocycles. The summed E-state index contributed by atoms with van der Waals surface area (Å²) in [4.78, 5) is 29.9. The lowest BCUT2D eigenvalue weighted by Gasteiger charge is -2.16. The number of aromatic nitrogens is 7. The molecule has 0 spiro atoms. The zero-order valence-corrected chi connectivity index (χ0v) is 22.6. The van der Waals surface area contributed by atoms with Crippen molar-refractivity contribution in [2.24, 2.45) is 0 Å². The fourth-order valence-corrected chi connectivity index (χ4v) is 4.38. The Bertz CT molecular complexity index is 1610. The maximum Gasteiger partial charge on any atom is 0.453 e. The van der Waals surface area contributed by atoms with Crippen LogP contribution >= 0.6 is 15.9 Å². The van der Waals surface area contributed by atoms with Crippen LogP contribution in [0.15, 0.2) is 41.0 Å². The van der Waals surface area contributed by atoms with Crippen molar-refractivity contribution in [3.05, 3.63) is 74.9 Å². The fraction of sp³-hybridized carbons (Fsp3) is 0.261. The Morgan fingerprint density at radius 2 is 1.78 bits per heavy atom. The number of carbonyl (C=O) groups excluding carboxylic acids is 2. The van der Waals surface area contributed by atoms with Gasteiger partial charge in [-0.3, -0.25) is 9.59 Å². The summed E-state index contributed by atoms with van der Waals surface area (Å²) in [7, 11) is 0. The number of aryl methyl sites for hydroxylation is 1. The van der Waals surface area contributed by atoms with Gasteiger partial charge in [0.05, 0.1) is 23.5 Å². The van der Waals surface area contributed by atoms with Crippen LogP contribution in [0.3, 0.4) is 0 Å². The third-order valence-electron chi connectivity index (χ3n) is 5.50. The predicted molar refractivity (Wildman–Crippen MR) is 133 cm³/mol. The normalized spacial score (nSPS) is 11.9. The van der Waals surface area contributed by atoms with Crippen LogP contribution in [0.1, 0.15) is 50.4 Å². The van der Waals surface area contributed by atoms with Crippen LogP contribution in [0.5, 0.6) is 0 Å². The summed E-state index contributed by atoms with van der Waals surface area (Å²) in [5.74, 6) is -3.85. The van der Waals surface area contributed by atoms with Crippen molar-refractivity contribution < 1.29 is 35.9 Å². The average molecular weight is 646 g/mol. The molecule has 1 aromatic carbocycles. The minimum Gasteiger partial charge on any atom is -0.352 e. The molecule has 0 fully saturated rings. The molecule has 18 heteroatoms. The first-order chi connectivity index (χ1) is 19.2. The van der Waals surface area contributed by atoms with Crippen LogP contribution in [0, 0.1) is 6.92 Å². The topological polar surface area (TPSA) is 133 Å². The molecule has 3 heterocycles. The van der Waals surface area contributed by atoms with Gasteiger partial charge in [0, 0.05) is 17.2 Å². The number of pyridine rings is 1. The van der Waals surface area contributed by atoms with Crippen molar-refractivity contribution in [3.63, 3.8) is 0 Å². The average Bonchev–Trinajstić information content (AvgIpc) is 3.52. The molecular formula is C23H18BrF6N9O2. The second-order valence-corrected chi connectivity index (χ2v) is 9.34. The number of hydrogen-bond acceptors (Lipinski definition) is 7. The van der Waals surface area contributed by atoms with E-state index in [4.69, 9.17) is 0 Å². The van der Waals surface area contributed by atoms with Gasteiger partial charge < -0.3 is 10.6 Å². The summed E-state index contributed by atoms with van der Waals surface area (Å²) in [6.45, 7) is 2.79. The number of amides is 2. The van der Waals surface area contributed by atoms with Gasteiger partial charge in [-0.25, -0.2) is 14.3 Å². The van der Waals surface area contributed by atoms with E-state index in [-0.39, 0.29) is 23.5 Å². The molecule has 0 atom stereocenters. The van der Waals surface area contributed by atoms with Crippen molar-refractivity contribution in [2.45, 2.75) is 32.7 Å². The Labute approximate surface area is 235 Å². The van der Waals surface area contributed by atoms with Crippen LogP contribution in [0.25, 0.3) is 5.82 Å². The first-order valence-electron chi connectivity index (χ1n) is 11.5. The number of nitrogens with zero attached hydrogens (tertiary/aromatic N) is 7. The van der Waals surface area contributed by atoms with Crippen LogP contribution in [-0.4, -0.2) is 53.3 Å². The number of benzene rings is 1. The number of nitrogens with one attached hydrogen (secondary N) is 2. The lowest BCUT2D eigenvalue weighted by molar-refractivity contribution is -0.147. The van der Waals surface area contributed by atoms with Crippen LogP contribution < -0.4 is 10.6 Å². The van der Waals surface area contributed by atoms with Crippen molar-refractivity contribution in [3.8, 4) is 5.82 Å². The molecule has 0 saturated carbocycles. The van der Waals surface area contributed by atoms with E-state index >= 15 is 0 Å². The van der Waals surface area contributed by atoms with Gasteiger partial charge >= 0.3 is 12.4 Å². The van der Waals surface area contributed by atoms with Gasteiger partial charge in [-0.05, 0) is 60.2 Å². The van der Waals surface area contributed by atoms with Gasteiger partial charge in [-0.1, -0.05) is 15.9 Å². The molecule has 0 aliphatic heterocycles. The van der Waals surface area contributed by atoms with Gasteiger partial charge in [0.1, 0.15) is 11.3 Å². The molecule has 0 saturated heterocycles. The van der Waals surface area contributed by atoms with Crippen molar-refractivity contribution in [2.75, 3.05) is 11.9 Å².